The van der Waals surface area contributed by atoms with Crippen molar-refractivity contribution in [2.75, 3.05) is 6.54 Å². The van der Waals surface area contributed by atoms with Gasteiger partial charge in [0.2, 0.25) is 0 Å². The Bertz CT molecular complexity index is 774. The highest BCUT2D eigenvalue weighted by Gasteiger charge is 2.11. The Hall–Kier alpha value is -1.69. The van der Waals surface area contributed by atoms with Gasteiger partial charge in [-0.25, -0.2) is 4.98 Å². The average Bonchev–Trinajstić information content (AvgIpc) is 3.03. The van der Waals surface area contributed by atoms with E-state index in [1.165, 1.54) is 0 Å². The molecule has 0 aliphatic rings. The van der Waals surface area contributed by atoms with Crippen molar-refractivity contribution in [1.82, 2.24) is 4.98 Å². The molecule has 0 bridgehead atoms. The molecule has 2 aromatic carbocycles. The minimum atomic E-state index is 0.537. The van der Waals surface area contributed by atoms with Crippen molar-refractivity contribution >= 4 is 27.3 Å². The molecule has 0 fully saturated rings. The Kier molecular flexibility index (Phi) is 5.43. The highest BCUT2D eigenvalue weighted by Crippen LogP contribution is 2.34. The Morgan fingerprint density at radius 1 is 1.13 bits per heavy atom. The molecule has 0 aliphatic heterocycles. The van der Waals surface area contributed by atoms with Crippen LogP contribution in [0.25, 0.3) is 11.3 Å². The summed E-state index contributed by atoms with van der Waals surface area (Å²) in [5.41, 5.74) is 8.68. The molecule has 23 heavy (non-hydrogen) atoms. The molecule has 1 aromatic heterocycles. The van der Waals surface area contributed by atoms with Gasteiger partial charge in [0.15, 0.2) is 0 Å². The number of hydrogen-bond acceptors (Lipinski definition) is 4. The van der Waals surface area contributed by atoms with Crippen molar-refractivity contribution in [2.24, 2.45) is 5.73 Å². The quantitative estimate of drug-likeness (QED) is 0.668. The number of halogens is 1. The first-order valence-electron chi connectivity index (χ1n) is 7.37. The summed E-state index contributed by atoms with van der Waals surface area (Å²) < 4.78 is 7.03. The highest BCUT2D eigenvalue weighted by atomic mass is 79.9. The maximum atomic E-state index is 6.02. The maximum absolute atomic E-state index is 6.02. The largest absolute Gasteiger partial charge is 0.488 e. The molecule has 0 atom stereocenters. The Morgan fingerprint density at radius 3 is 2.74 bits per heavy atom. The number of aromatic nitrogens is 1. The number of benzene rings is 2. The third-order valence-electron chi connectivity index (χ3n) is 3.36. The van der Waals surface area contributed by atoms with Crippen LogP contribution in [-0.4, -0.2) is 11.5 Å². The molecule has 3 rings (SSSR count). The minimum absolute atomic E-state index is 0.537. The second-order valence-electron chi connectivity index (χ2n) is 5.08. The molecule has 0 unspecified atom stereocenters. The summed E-state index contributed by atoms with van der Waals surface area (Å²) in [5, 5.41) is 3.11. The topological polar surface area (TPSA) is 48.1 Å². The summed E-state index contributed by atoms with van der Waals surface area (Å²) in [7, 11) is 0. The van der Waals surface area contributed by atoms with E-state index >= 15 is 0 Å². The van der Waals surface area contributed by atoms with Crippen molar-refractivity contribution < 1.29 is 4.74 Å². The lowest BCUT2D eigenvalue weighted by Gasteiger charge is -2.11. The molecule has 3 aromatic rings. The third kappa shape index (κ3) is 4.19. The minimum Gasteiger partial charge on any atom is -0.488 e. The van der Waals surface area contributed by atoms with Crippen LogP contribution in [-0.2, 0) is 13.0 Å². The van der Waals surface area contributed by atoms with Gasteiger partial charge in [0, 0.05) is 21.8 Å². The first-order chi connectivity index (χ1) is 11.3. The number of nitrogens with two attached hydrogens (primary N) is 1. The lowest BCUT2D eigenvalue weighted by molar-refractivity contribution is 0.307. The van der Waals surface area contributed by atoms with Gasteiger partial charge in [-0.05, 0) is 30.3 Å². The summed E-state index contributed by atoms with van der Waals surface area (Å²) >= 11 is 5.16. The van der Waals surface area contributed by atoms with E-state index in [9.17, 15) is 0 Å². The average molecular weight is 389 g/mol. The van der Waals surface area contributed by atoms with Crippen LogP contribution in [0.3, 0.4) is 0 Å². The second kappa shape index (κ2) is 7.73. The molecule has 118 valence electrons. The number of hydrogen-bond donors (Lipinski definition) is 1. The van der Waals surface area contributed by atoms with Gasteiger partial charge in [-0.15, -0.1) is 11.3 Å². The number of rotatable bonds is 6. The van der Waals surface area contributed by atoms with Crippen LogP contribution in [0.1, 0.15) is 10.6 Å². The van der Waals surface area contributed by atoms with E-state index < -0.39 is 0 Å². The van der Waals surface area contributed by atoms with Crippen molar-refractivity contribution in [3.63, 3.8) is 0 Å². The molecule has 0 aliphatic carbocycles. The van der Waals surface area contributed by atoms with Gasteiger partial charge in [0.1, 0.15) is 12.4 Å². The molecule has 0 amide bonds. The Morgan fingerprint density at radius 2 is 1.96 bits per heavy atom. The lowest BCUT2D eigenvalue weighted by Crippen LogP contribution is -2.02. The van der Waals surface area contributed by atoms with Crippen LogP contribution in [0.15, 0.2) is 58.4 Å². The maximum Gasteiger partial charge on any atom is 0.129 e. The van der Waals surface area contributed by atoms with E-state index in [4.69, 9.17) is 10.5 Å². The highest BCUT2D eigenvalue weighted by molar-refractivity contribution is 9.10. The molecule has 2 N–H and O–H groups in total. The van der Waals surface area contributed by atoms with E-state index in [0.717, 1.165) is 38.5 Å². The summed E-state index contributed by atoms with van der Waals surface area (Å²) in [4.78, 5) is 4.66. The van der Waals surface area contributed by atoms with Gasteiger partial charge in [-0.3, -0.25) is 0 Å². The van der Waals surface area contributed by atoms with E-state index in [2.05, 4.69) is 38.4 Å². The molecule has 5 heteroatoms. The van der Waals surface area contributed by atoms with Gasteiger partial charge in [-0.1, -0.05) is 46.3 Å². The van der Waals surface area contributed by atoms with Gasteiger partial charge in [-0.2, -0.15) is 0 Å². The Balaban J connectivity index is 1.85. The summed E-state index contributed by atoms with van der Waals surface area (Å²) in [5.74, 6) is 0.835. The van der Waals surface area contributed by atoms with Crippen molar-refractivity contribution in [3.05, 3.63) is 69.0 Å². The Labute approximate surface area is 148 Å². The first kappa shape index (κ1) is 16.2. The van der Waals surface area contributed by atoms with Gasteiger partial charge in [0.25, 0.3) is 0 Å². The predicted octanol–water partition coefficient (Wildman–Crippen LogP) is 4.65. The van der Waals surface area contributed by atoms with E-state index in [0.29, 0.717) is 13.2 Å². The van der Waals surface area contributed by atoms with Crippen LogP contribution in [0.4, 0.5) is 0 Å². The monoisotopic (exact) mass is 388 g/mol. The normalized spacial score (nSPS) is 10.7. The van der Waals surface area contributed by atoms with Gasteiger partial charge < -0.3 is 10.5 Å². The number of nitrogens with zero attached hydrogens (tertiary/aromatic N) is 1. The molecule has 1 heterocycles. The third-order valence-corrected chi connectivity index (χ3v) is 4.77. The standard InChI is InChI=1S/C18H17BrN2OS/c19-14-6-7-17(22-11-13-4-2-1-3-5-13)15(10-14)16-12-23-18(21-16)8-9-20/h1-7,10,12H,8-9,11,20H2. The molecule has 0 saturated heterocycles. The zero-order valence-electron chi connectivity index (χ0n) is 12.5. The van der Waals surface area contributed by atoms with Gasteiger partial charge >= 0.3 is 0 Å². The van der Waals surface area contributed by atoms with Crippen molar-refractivity contribution in [1.29, 1.82) is 0 Å². The fourth-order valence-corrected chi connectivity index (χ4v) is 3.41. The number of thiazole rings is 1. The zero-order chi connectivity index (χ0) is 16.1. The van der Waals surface area contributed by atoms with Gasteiger partial charge in [0.05, 0.1) is 10.7 Å². The van der Waals surface area contributed by atoms with Crippen molar-refractivity contribution in [3.8, 4) is 17.0 Å². The van der Waals surface area contributed by atoms with Crippen LogP contribution in [0.5, 0.6) is 5.75 Å². The zero-order valence-corrected chi connectivity index (χ0v) is 14.9. The summed E-state index contributed by atoms with van der Waals surface area (Å²) in [6, 6.07) is 16.1. The number of ether oxygens (including phenoxy) is 1. The van der Waals surface area contributed by atoms with Crippen LogP contribution in [0.2, 0.25) is 0 Å². The van der Waals surface area contributed by atoms with Crippen LogP contribution >= 0.6 is 27.3 Å². The van der Waals surface area contributed by atoms with Crippen molar-refractivity contribution in [2.45, 2.75) is 13.0 Å². The fraction of sp³-hybridized carbons (Fsp3) is 0.167. The molecule has 3 nitrogen and oxygen atoms in total. The van der Waals surface area contributed by atoms with E-state index in [1.807, 2.05) is 36.4 Å². The van der Waals surface area contributed by atoms with Crippen LogP contribution in [0, 0.1) is 0 Å². The SMILES string of the molecule is NCCc1nc(-c2cc(Br)ccc2OCc2ccccc2)cs1. The molecule has 0 spiro atoms. The fourth-order valence-electron chi connectivity index (χ4n) is 2.24. The predicted molar refractivity (Wildman–Crippen MR) is 98.8 cm³/mol. The molecule has 0 radical (unpaired) electrons. The van der Waals surface area contributed by atoms with Crippen LogP contribution < -0.4 is 10.5 Å². The molecular formula is C18H17BrN2OS. The van der Waals surface area contributed by atoms with E-state index in [1.54, 1.807) is 11.3 Å². The smallest absolute Gasteiger partial charge is 0.129 e. The molecule has 0 saturated carbocycles. The summed E-state index contributed by atoms with van der Waals surface area (Å²) in [6.07, 6.45) is 0.804. The second-order valence-corrected chi connectivity index (χ2v) is 6.94. The first-order valence-corrected chi connectivity index (χ1v) is 9.04. The lowest BCUT2D eigenvalue weighted by atomic mass is 10.1. The molecular weight excluding hydrogens is 372 g/mol. The van der Waals surface area contributed by atoms with E-state index in [-0.39, 0.29) is 0 Å². The summed E-state index contributed by atoms with van der Waals surface area (Å²) in [6.45, 7) is 1.15.